The lowest BCUT2D eigenvalue weighted by Gasteiger charge is -2.27. The van der Waals surface area contributed by atoms with Crippen molar-refractivity contribution in [3.05, 3.63) is 65.0 Å². The average Bonchev–Trinajstić information content (AvgIpc) is 2.99. The van der Waals surface area contributed by atoms with Gasteiger partial charge in [-0.15, -0.1) is 0 Å². The molecule has 4 rings (SSSR count). The van der Waals surface area contributed by atoms with Crippen molar-refractivity contribution in [1.82, 2.24) is 10.0 Å². The van der Waals surface area contributed by atoms with Gasteiger partial charge in [-0.1, -0.05) is 36.4 Å². The molecule has 9 nitrogen and oxygen atoms in total. The summed E-state index contributed by atoms with van der Waals surface area (Å²) in [5.41, 5.74) is 1.63. The van der Waals surface area contributed by atoms with E-state index in [-0.39, 0.29) is 30.0 Å². The summed E-state index contributed by atoms with van der Waals surface area (Å²) in [6, 6.07) is 9.90. The lowest BCUT2D eigenvalue weighted by atomic mass is 9.87. The van der Waals surface area contributed by atoms with Crippen molar-refractivity contribution in [3.8, 4) is 5.75 Å². The fourth-order valence-electron chi connectivity index (χ4n) is 3.85. The highest BCUT2D eigenvalue weighted by atomic mass is 32.2. The minimum atomic E-state index is -4.30. The molecule has 1 heterocycles. The standard InChI is InChI=1S/C21H20FN3O6S/c1-12-7-14(23-21(27)28)8-16-15(12)9-17(31-11-13-5-3-2-4-6-13)20(19(16)22)25-10-18(26)24-32(25,29)30/h2-7,9,14,23H,8,10-11H2,1H3,(H,24,26)(H,27,28)/t14-/m1/s1. The highest BCUT2D eigenvalue weighted by Crippen LogP contribution is 2.42. The molecule has 2 aromatic carbocycles. The van der Waals surface area contributed by atoms with Gasteiger partial charge in [0.05, 0.1) is 6.04 Å². The van der Waals surface area contributed by atoms with E-state index < -0.39 is 40.6 Å². The minimum absolute atomic E-state index is 0.0218. The zero-order chi connectivity index (χ0) is 23.0. The number of anilines is 1. The number of nitrogens with zero attached hydrogens (tertiary/aromatic N) is 1. The van der Waals surface area contributed by atoms with Crippen molar-refractivity contribution in [2.45, 2.75) is 26.0 Å². The molecular weight excluding hydrogens is 441 g/mol. The van der Waals surface area contributed by atoms with Crippen molar-refractivity contribution < 1.29 is 32.2 Å². The van der Waals surface area contributed by atoms with Gasteiger partial charge in [-0.3, -0.25) is 4.79 Å². The molecule has 2 aromatic rings. The van der Waals surface area contributed by atoms with E-state index in [1.54, 1.807) is 25.1 Å². The number of fused-ring (bicyclic) bond motifs is 1. The third-order valence-electron chi connectivity index (χ3n) is 5.22. The first-order valence-electron chi connectivity index (χ1n) is 9.69. The van der Waals surface area contributed by atoms with Gasteiger partial charge in [0.1, 0.15) is 24.6 Å². The number of rotatable bonds is 5. The summed E-state index contributed by atoms with van der Waals surface area (Å²) in [6.07, 6.45) is 0.378. The quantitative estimate of drug-likeness (QED) is 0.627. The first kappa shape index (κ1) is 21.6. The Morgan fingerprint density at radius 1 is 1.34 bits per heavy atom. The van der Waals surface area contributed by atoms with Gasteiger partial charge >= 0.3 is 16.3 Å². The molecule has 0 unspecified atom stereocenters. The molecule has 168 valence electrons. The Hall–Kier alpha value is -3.60. The smallest absolute Gasteiger partial charge is 0.405 e. The summed E-state index contributed by atoms with van der Waals surface area (Å²) in [6.45, 7) is 1.16. The second-order valence-corrected chi connectivity index (χ2v) is 9.08. The van der Waals surface area contributed by atoms with Crippen LogP contribution in [0, 0.1) is 5.82 Å². The van der Waals surface area contributed by atoms with Gasteiger partial charge in [-0.05, 0) is 36.1 Å². The van der Waals surface area contributed by atoms with Crippen molar-refractivity contribution >= 4 is 33.5 Å². The lowest BCUT2D eigenvalue weighted by Crippen LogP contribution is -2.36. The summed E-state index contributed by atoms with van der Waals surface area (Å²) in [5, 5.41) is 11.3. The molecule has 3 N–H and O–H groups in total. The van der Waals surface area contributed by atoms with Crippen LogP contribution in [0.3, 0.4) is 0 Å². The maximum Gasteiger partial charge on any atom is 0.405 e. The normalized spacial score (nSPS) is 19.1. The molecule has 0 saturated carbocycles. The third-order valence-corrected chi connectivity index (χ3v) is 6.60. The van der Waals surface area contributed by atoms with Crippen molar-refractivity contribution in [2.75, 3.05) is 10.8 Å². The Balaban J connectivity index is 1.82. The minimum Gasteiger partial charge on any atom is -0.487 e. The van der Waals surface area contributed by atoms with Crippen LogP contribution in [0.1, 0.15) is 23.6 Å². The van der Waals surface area contributed by atoms with Gasteiger partial charge in [0.15, 0.2) is 5.82 Å². The van der Waals surface area contributed by atoms with Crippen LogP contribution in [0.4, 0.5) is 14.9 Å². The monoisotopic (exact) mass is 461 g/mol. The Kier molecular flexibility index (Phi) is 5.51. The lowest BCUT2D eigenvalue weighted by molar-refractivity contribution is -0.117. The molecule has 32 heavy (non-hydrogen) atoms. The van der Waals surface area contributed by atoms with Crippen LogP contribution in [0.2, 0.25) is 0 Å². The average molecular weight is 461 g/mol. The van der Waals surface area contributed by atoms with Crippen LogP contribution >= 0.6 is 0 Å². The van der Waals surface area contributed by atoms with E-state index in [2.05, 4.69) is 5.32 Å². The van der Waals surface area contributed by atoms with Crippen LogP contribution in [0.25, 0.3) is 5.57 Å². The van der Waals surface area contributed by atoms with Gasteiger partial charge in [-0.25, -0.2) is 18.2 Å². The summed E-state index contributed by atoms with van der Waals surface area (Å²) < 4.78 is 49.0. The number of hydrogen-bond donors (Lipinski definition) is 3. The predicted octanol–water partition coefficient (Wildman–Crippen LogP) is 2.18. The van der Waals surface area contributed by atoms with E-state index in [1.807, 2.05) is 22.9 Å². The van der Waals surface area contributed by atoms with E-state index in [0.717, 1.165) is 5.56 Å². The fourth-order valence-corrected chi connectivity index (χ4v) is 5.01. The van der Waals surface area contributed by atoms with Crippen molar-refractivity contribution in [3.63, 3.8) is 0 Å². The number of benzene rings is 2. The predicted molar refractivity (Wildman–Crippen MR) is 114 cm³/mol. The Morgan fingerprint density at radius 3 is 2.69 bits per heavy atom. The largest absolute Gasteiger partial charge is 0.487 e. The Morgan fingerprint density at radius 2 is 2.06 bits per heavy atom. The SMILES string of the molecule is CC1=C[C@@H](NC(=O)O)Cc2c1cc(OCc1ccccc1)c(N1CC(=O)NS1(=O)=O)c2F. The number of amides is 2. The van der Waals surface area contributed by atoms with Gasteiger partial charge in [0.25, 0.3) is 5.91 Å². The van der Waals surface area contributed by atoms with Crippen LogP contribution < -0.4 is 19.1 Å². The third kappa shape index (κ3) is 4.11. The molecule has 2 aliphatic rings. The zero-order valence-electron chi connectivity index (χ0n) is 17.0. The number of carboxylic acid groups (broad SMARTS) is 1. The highest BCUT2D eigenvalue weighted by Gasteiger charge is 2.39. The molecule has 1 aliphatic carbocycles. The first-order valence-corrected chi connectivity index (χ1v) is 11.1. The number of allylic oxidation sites excluding steroid dienone is 1. The number of halogens is 1. The van der Waals surface area contributed by atoms with Crippen LogP contribution in [-0.4, -0.2) is 38.1 Å². The number of hydrogen-bond acceptors (Lipinski definition) is 5. The van der Waals surface area contributed by atoms with Gasteiger partial charge in [0.2, 0.25) is 0 Å². The van der Waals surface area contributed by atoms with Crippen LogP contribution in [-0.2, 0) is 28.0 Å². The number of carbonyl (C=O) groups excluding carboxylic acids is 1. The van der Waals surface area contributed by atoms with E-state index in [4.69, 9.17) is 9.84 Å². The summed E-state index contributed by atoms with van der Waals surface area (Å²) in [7, 11) is -4.30. The van der Waals surface area contributed by atoms with Crippen LogP contribution in [0.15, 0.2) is 42.5 Å². The van der Waals surface area contributed by atoms with Crippen LogP contribution in [0.5, 0.6) is 5.75 Å². The molecule has 1 saturated heterocycles. The molecule has 0 radical (unpaired) electrons. The van der Waals surface area contributed by atoms with Crippen molar-refractivity contribution in [1.29, 1.82) is 0 Å². The second-order valence-electron chi connectivity index (χ2n) is 7.48. The second kappa shape index (κ2) is 8.15. The summed E-state index contributed by atoms with van der Waals surface area (Å²) in [4.78, 5) is 22.8. The maximum absolute atomic E-state index is 15.8. The maximum atomic E-state index is 15.8. The van der Waals surface area contributed by atoms with E-state index in [9.17, 15) is 18.0 Å². The molecule has 1 atom stereocenters. The molecule has 2 amide bonds. The summed E-state index contributed by atoms with van der Waals surface area (Å²) in [5.74, 6) is -1.71. The Labute approximate surface area is 183 Å². The van der Waals surface area contributed by atoms with Gasteiger partial charge in [-0.2, -0.15) is 8.42 Å². The molecule has 0 bridgehead atoms. The van der Waals surface area contributed by atoms with Gasteiger partial charge < -0.3 is 15.2 Å². The van der Waals surface area contributed by atoms with E-state index in [0.29, 0.717) is 15.4 Å². The van der Waals surface area contributed by atoms with E-state index >= 15 is 4.39 Å². The summed E-state index contributed by atoms with van der Waals surface area (Å²) >= 11 is 0. The number of ether oxygens (including phenoxy) is 1. The topological polar surface area (TPSA) is 125 Å². The van der Waals surface area contributed by atoms with E-state index in [1.165, 1.54) is 6.07 Å². The number of carbonyl (C=O) groups is 2. The molecule has 1 aliphatic heterocycles. The zero-order valence-corrected chi connectivity index (χ0v) is 17.8. The number of nitrogens with one attached hydrogen (secondary N) is 2. The van der Waals surface area contributed by atoms with Crippen molar-refractivity contribution in [2.24, 2.45) is 0 Å². The van der Waals surface area contributed by atoms with Gasteiger partial charge in [0, 0.05) is 5.56 Å². The molecular formula is C21H20FN3O6S. The fraction of sp³-hybridized carbons (Fsp3) is 0.238. The Bertz CT molecular complexity index is 1230. The molecule has 1 fully saturated rings. The molecule has 11 heteroatoms. The molecule has 0 spiro atoms. The highest BCUT2D eigenvalue weighted by molar-refractivity contribution is 7.92. The molecule has 0 aromatic heterocycles. The first-order chi connectivity index (χ1) is 15.2.